The minimum atomic E-state index is 0.862. The zero-order valence-corrected chi connectivity index (χ0v) is 25.4. The molecule has 0 atom stereocenters. The van der Waals surface area contributed by atoms with Crippen molar-refractivity contribution in [3.63, 3.8) is 0 Å². The molecule has 0 radical (unpaired) electrons. The zero-order valence-electron chi connectivity index (χ0n) is 24.6. The Bertz CT molecular complexity index is 2770. The molecule has 0 aliphatic heterocycles. The van der Waals surface area contributed by atoms with Crippen molar-refractivity contribution >= 4 is 92.4 Å². The summed E-state index contributed by atoms with van der Waals surface area (Å²) in [5.74, 6) is 0. The van der Waals surface area contributed by atoms with Crippen LogP contribution in [0.3, 0.4) is 0 Å². The van der Waals surface area contributed by atoms with E-state index in [4.69, 9.17) is 8.83 Å². The molecule has 216 valence electrons. The van der Waals surface area contributed by atoms with Gasteiger partial charge in [-0.1, -0.05) is 78.9 Å². The van der Waals surface area contributed by atoms with Gasteiger partial charge >= 0.3 is 0 Å². The first-order valence-electron chi connectivity index (χ1n) is 15.4. The van der Waals surface area contributed by atoms with Gasteiger partial charge in [0.25, 0.3) is 0 Å². The quantitative estimate of drug-likeness (QED) is 0.199. The first kappa shape index (κ1) is 25.5. The van der Waals surface area contributed by atoms with Crippen molar-refractivity contribution in [1.29, 1.82) is 0 Å². The van der Waals surface area contributed by atoms with E-state index in [1.807, 2.05) is 29.5 Å². The van der Waals surface area contributed by atoms with E-state index in [1.165, 1.54) is 20.2 Å². The molecule has 0 saturated carbocycles. The summed E-state index contributed by atoms with van der Waals surface area (Å²) in [6, 6.07) is 53.6. The average Bonchev–Trinajstić information content (AvgIpc) is 3.79. The average molecular weight is 608 g/mol. The Hall–Kier alpha value is -5.84. The number of nitrogens with zero attached hydrogens (tertiary/aromatic N) is 1. The number of hydrogen-bond donors (Lipinski definition) is 0. The van der Waals surface area contributed by atoms with Gasteiger partial charge in [0, 0.05) is 64.8 Å². The normalized spacial score (nSPS) is 11.9. The molecule has 3 aromatic heterocycles. The number of hydrogen-bond acceptors (Lipinski definition) is 4. The second kappa shape index (κ2) is 9.83. The molecule has 4 heteroatoms. The van der Waals surface area contributed by atoms with Crippen LogP contribution >= 0.6 is 11.3 Å². The van der Waals surface area contributed by atoms with Crippen molar-refractivity contribution in [2.75, 3.05) is 4.90 Å². The molecule has 7 aromatic carbocycles. The Labute approximate surface area is 268 Å². The van der Waals surface area contributed by atoms with Gasteiger partial charge in [0.1, 0.15) is 22.3 Å². The van der Waals surface area contributed by atoms with Gasteiger partial charge in [0.05, 0.1) is 0 Å². The van der Waals surface area contributed by atoms with E-state index in [1.54, 1.807) is 0 Å². The molecule has 0 saturated heterocycles. The van der Waals surface area contributed by atoms with E-state index in [2.05, 4.69) is 138 Å². The van der Waals surface area contributed by atoms with Crippen molar-refractivity contribution in [3.05, 3.63) is 152 Å². The Kier molecular flexibility index (Phi) is 5.45. The highest BCUT2D eigenvalue weighted by molar-refractivity contribution is 7.25. The molecular weight excluding hydrogens is 583 g/mol. The van der Waals surface area contributed by atoms with Crippen LogP contribution < -0.4 is 4.90 Å². The molecule has 10 rings (SSSR count). The number of rotatable bonds is 4. The van der Waals surface area contributed by atoms with Crippen LogP contribution in [0.25, 0.3) is 75.2 Å². The number of anilines is 3. The maximum absolute atomic E-state index is 6.62. The van der Waals surface area contributed by atoms with Crippen molar-refractivity contribution in [2.45, 2.75) is 0 Å². The van der Waals surface area contributed by atoms with Crippen LogP contribution in [0, 0.1) is 0 Å². The monoisotopic (exact) mass is 607 g/mol. The molecule has 0 aliphatic carbocycles. The molecule has 0 unspecified atom stereocenters. The smallest absolute Gasteiger partial charge is 0.137 e. The Morgan fingerprint density at radius 1 is 0.391 bits per heavy atom. The summed E-state index contributed by atoms with van der Waals surface area (Å²) in [6.07, 6.45) is 0. The molecule has 3 nitrogen and oxygen atoms in total. The molecule has 46 heavy (non-hydrogen) atoms. The van der Waals surface area contributed by atoms with E-state index in [9.17, 15) is 0 Å². The predicted octanol–water partition coefficient (Wildman–Crippen LogP) is 13.0. The third-order valence-corrected chi connectivity index (χ3v) is 10.2. The lowest BCUT2D eigenvalue weighted by molar-refractivity contribution is 0.668. The SMILES string of the molecule is c1ccc(N(c2ccc3c(c2)oc2cc(-c4cccc5oc6ccccc6c45)ccc23)c2ccc3c(c2)sc2ccccc23)cc1. The van der Waals surface area contributed by atoms with Crippen LogP contribution in [0.4, 0.5) is 17.1 Å². The van der Waals surface area contributed by atoms with Crippen LogP contribution in [0.15, 0.2) is 160 Å². The minimum Gasteiger partial charge on any atom is -0.456 e. The first-order valence-corrected chi connectivity index (χ1v) is 16.2. The Morgan fingerprint density at radius 2 is 1.04 bits per heavy atom. The number of furan rings is 2. The van der Waals surface area contributed by atoms with Crippen molar-refractivity contribution in [3.8, 4) is 11.1 Å². The van der Waals surface area contributed by atoms with Crippen LogP contribution in [-0.4, -0.2) is 0 Å². The minimum absolute atomic E-state index is 0.862. The lowest BCUT2D eigenvalue weighted by Crippen LogP contribution is -2.09. The van der Waals surface area contributed by atoms with Crippen LogP contribution in [0.2, 0.25) is 0 Å². The lowest BCUT2D eigenvalue weighted by Gasteiger charge is -2.25. The second-order valence-electron chi connectivity index (χ2n) is 11.7. The molecule has 0 aliphatic rings. The van der Waals surface area contributed by atoms with Gasteiger partial charge in [-0.15, -0.1) is 11.3 Å². The Morgan fingerprint density at radius 3 is 1.93 bits per heavy atom. The van der Waals surface area contributed by atoms with Gasteiger partial charge in [0.2, 0.25) is 0 Å². The van der Waals surface area contributed by atoms with Crippen LogP contribution in [0.5, 0.6) is 0 Å². The fourth-order valence-corrected chi connectivity index (χ4v) is 8.10. The van der Waals surface area contributed by atoms with E-state index < -0.39 is 0 Å². The van der Waals surface area contributed by atoms with Crippen LogP contribution in [0.1, 0.15) is 0 Å². The molecule has 0 amide bonds. The summed E-state index contributed by atoms with van der Waals surface area (Å²) >= 11 is 1.84. The molecule has 3 heterocycles. The summed E-state index contributed by atoms with van der Waals surface area (Å²) in [5.41, 5.74) is 9.02. The first-order chi connectivity index (χ1) is 22.8. The topological polar surface area (TPSA) is 29.5 Å². The molecular formula is C42H25NO2S. The van der Waals surface area contributed by atoms with Gasteiger partial charge in [-0.3, -0.25) is 0 Å². The third-order valence-electron chi connectivity index (χ3n) is 9.06. The standard InChI is InChI=1S/C42H25NO2S/c1-2-9-27(10-3-1)43(29-19-22-34-33-11-5-7-16-40(33)46-41(34)25-29)28-18-21-32-31-20-17-26(23-38(31)45-39(32)24-28)30-13-8-15-37-42(30)35-12-4-6-14-36(35)44-37/h1-25H. The maximum atomic E-state index is 6.62. The fraction of sp³-hybridized carbons (Fsp3) is 0. The van der Waals surface area contributed by atoms with E-state index in [0.717, 1.165) is 72.1 Å². The molecule has 0 bridgehead atoms. The van der Waals surface area contributed by atoms with Crippen LogP contribution in [-0.2, 0) is 0 Å². The number of benzene rings is 7. The summed E-state index contributed by atoms with van der Waals surface area (Å²) in [7, 11) is 0. The summed E-state index contributed by atoms with van der Waals surface area (Å²) in [4.78, 5) is 2.31. The van der Waals surface area contributed by atoms with Gasteiger partial charge < -0.3 is 13.7 Å². The molecule has 0 fully saturated rings. The van der Waals surface area contributed by atoms with E-state index in [0.29, 0.717) is 0 Å². The van der Waals surface area contributed by atoms with Gasteiger partial charge in [-0.05, 0) is 77.9 Å². The maximum Gasteiger partial charge on any atom is 0.137 e. The third kappa shape index (κ3) is 3.84. The molecule has 10 aromatic rings. The molecule has 0 N–H and O–H groups in total. The fourth-order valence-electron chi connectivity index (χ4n) is 6.97. The van der Waals surface area contributed by atoms with E-state index >= 15 is 0 Å². The highest BCUT2D eigenvalue weighted by Gasteiger charge is 2.18. The van der Waals surface area contributed by atoms with E-state index in [-0.39, 0.29) is 0 Å². The highest BCUT2D eigenvalue weighted by atomic mass is 32.1. The van der Waals surface area contributed by atoms with Gasteiger partial charge in [0.15, 0.2) is 0 Å². The predicted molar refractivity (Wildman–Crippen MR) is 194 cm³/mol. The summed E-state index contributed by atoms with van der Waals surface area (Å²) in [6.45, 7) is 0. The van der Waals surface area contributed by atoms with Crippen molar-refractivity contribution in [2.24, 2.45) is 0 Å². The highest BCUT2D eigenvalue weighted by Crippen LogP contribution is 2.43. The number of para-hydroxylation sites is 2. The lowest BCUT2D eigenvalue weighted by atomic mass is 9.98. The Balaban J connectivity index is 1.12. The summed E-state index contributed by atoms with van der Waals surface area (Å²) in [5, 5.41) is 7.06. The van der Waals surface area contributed by atoms with Crippen molar-refractivity contribution < 1.29 is 8.83 Å². The largest absolute Gasteiger partial charge is 0.456 e. The molecule has 0 spiro atoms. The van der Waals surface area contributed by atoms with Gasteiger partial charge in [-0.2, -0.15) is 0 Å². The summed E-state index contributed by atoms with van der Waals surface area (Å²) < 4.78 is 15.4. The zero-order chi connectivity index (χ0) is 30.2. The number of fused-ring (bicyclic) bond motifs is 9. The number of thiophene rings is 1. The second-order valence-corrected chi connectivity index (χ2v) is 12.8. The van der Waals surface area contributed by atoms with Gasteiger partial charge in [-0.25, -0.2) is 0 Å². The van der Waals surface area contributed by atoms with Crippen molar-refractivity contribution in [1.82, 2.24) is 0 Å².